The second-order valence-electron chi connectivity index (χ2n) is 6.38. The molecule has 5 nitrogen and oxygen atoms in total. The predicted octanol–water partition coefficient (Wildman–Crippen LogP) is 2.61. The van der Waals surface area contributed by atoms with Gasteiger partial charge in [-0.3, -0.25) is 0 Å². The molecule has 0 saturated heterocycles. The summed E-state index contributed by atoms with van der Waals surface area (Å²) in [5.74, 6) is 1.85. The standard InChI is InChI=1S/C15H29N5/c1-7-8-16-13-12(2)14(19-11-18-13)17-9-15(3,4)10-20(5)6/h11H,7-10H2,1-6H3,(H2,16,17,18,19). The Morgan fingerprint density at radius 1 is 1.15 bits per heavy atom. The lowest BCUT2D eigenvalue weighted by Crippen LogP contribution is -2.34. The van der Waals surface area contributed by atoms with Crippen LogP contribution in [0.1, 0.15) is 32.8 Å². The van der Waals surface area contributed by atoms with Gasteiger partial charge < -0.3 is 15.5 Å². The minimum absolute atomic E-state index is 0.192. The summed E-state index contributed by atoms with van der Waals surface area (Å²) in [6.45, 7) is 11.6. The molecule has 0 spiro atoms. The molecule has 1 rings (SSSR count). The first-order valence-electron chi connectivity index (χ1n) is 7.30. The molecule has 0 fully saturated rings. The van der Waals surface area contributed by atoms with Crippen molar-refractivity contribution in [2.45, 2.75) is 34.1 Å². The first-order valence-corrected chi connectivity index (χ1v) is 7.30. The molecule has 1 heterocycles. The van der Waals surface area contributed by atoms with E-state index in [4.69, 9.17) is 0 Å². The largest absolute Gasteiger partial charge is 0.370 e. The molecule has 0 bridgehead atoms. The first kappa shape index (κ1) is 16.7. The smallest absolute Gasteiger partial charge is 0.134 e. The number of aromatic nitrogens is 2. The summed E-state index contributed by atoms with van der Waals surface area (Å²) >= 11 is 0. The summed E-state index contributed by atoms with van der Waals surface area (Å²) in [7, 11) is 4.20. The van der Waals surface area contributed by atoms with E-state index in [2.05, 4.69) is 67.3 Å². The summed E-state index contributed by atoms with van der Waals surface area (Å²) in [5.41, 5.74) is 1.28. The Morgan fingerprint density at radius 3 is 2.30 bits per heavy atom. The van der Waals surface area contributed by atoms with Crippen molar-refractivity contribution in [3.05, 3.63) is 11.9 Å². The lowest BCUT2D eigenvalue weighted by molar-refractivity contribution is 0.254. The van der Waals surface area contributed by atoms with E-state index in [-0.39, 0.29) is 5.41 Å². The van der Waals surface area contributed by atoms with E-state index < -0.39 is 0 Å². The average Bonchev–Trinajstić information content (AvgIpc) is 2.34. The molecule has 0 amide bonds. The highest BCUT2D eigenvalue weighted by Crippen LogP contribution is 2.21. The Bertz CT molecular complexity index is 415. The Kier molecular flexibility index (Phi) is 6.20. The van der Waals surface area contributed by atoms with E-state index in [0.29, 0.717) is 0 Å². The van der Waals surface area contributed by atoms with Gasteiger partial charge in [0.25, 0.3) is 0 Å². The molecule has 0 atom stereocenters. The third-order valence-electron chi connectivity index (χ3n) is 3.11. The van der Waals surface area contributed by atoms with E-state index in [1.165, 1.54) is 0 Å². The summed E-state index contributed by atoms with van der Waals surface area (Å²) in [6.07, 6.45) is 2.70. The molecule has 0 saturated carbocycles. The van der Waals surface area contributed by atoms with Crippen molar-refractivity contribution >= 4 is 11.6 Å². The van der Waals surface area contributed by atoms with Crippen LogP contribution in [0.2, 0.25) is 0 Å². The molecule has 114 valence electrons. The SMILES string of the molecule is CCCNc1ncnc(NCC(C)(C)CN(C)C)c1C. The Balaban J connectivity index is 2.68. The topological polar surface area (TPSA) is 53.1 Å². The number of anilines is 2. The van der Waals surface area contributed by atoms with Crippen molar-refractivity contribution in [2.75, 3.05) is 44.4 Å². The number of hydrogen-bond donors (Lipinski definition) is 2. The second kappa shape index (κ2) is 7.43. The van der Waals surface area contributed by atoms with E-state index in [1.807, 2.05) is 0 Å². The fraction of sp³-hybridized carbons (Fsp3) is 0.733. The van der Waals surface area contributed by atoms with Gasteiger partial charge in [0.05, 0.1) is 0 Å². The van der Waals surface area contributed by atoms with Gasteiger partial charge in [-0.15, -0.1) is 0 Å². The molecule has 1 aromatic heterocycles. The van der Waals surface area contributed by atoms with Crippen LogP contribution in [0.25, 0.3) is 0 Å². The van der Waals surface area contributed by atoms with Crippen LogP contribution in [0.5, 0.6) is 0 Å². The van der Waals surface area contributed by atoms with Gasteiger partial charge in [-0.05, 0) is 32.9 Å². The van der Waals surface area contributed by atoms with Crippen molar-refractivity contribution in [3.63, 3.8) is 0 Å². The molecule has 0 aliphatic carbocycles. The van der Waals surface area contributed by atoms with Gasteiger partial charge in [-0.1, -0.05) is 20.8 Å². The summed E-state index contributed by atoms with van der Waals surface area (Å²) in [6, 6.07) is 0. The number of nitrogens with one attached hydrogen (secondary N) is 2. The molecule has 2 N–H and O–H groups in total. The molecule has 0 radical (unpaired) electrons. The van der Waals surface area contributed by atoms with E-state index >= 15 is 0 Å². The summed E-state index contributed by atoms with van der Waals surface area (Å²) < 4.78 is 0. The van der Waals surface area contributed by atoms with Gasteiger partial charge in [-0.2, -0.15) is 0 Å². The molecule has 0 aliphatic rings. The maximum Gasteiger partial charge on any atom is 0.134 e. The summed E-state index contributed by atoms with van der Waals surface area (Å²) in [4.78, 5) is 10.9. The van der Waals surface area contributed by atoms with Gasteiger partial charge in [0.15, 0.2) is 0 Å². The van der Waals surface area contributed by atoms with Crippen LogP contribution in [0.4, 0.5) is 11.6 Å². The minimum atomic E-state index is 0.192. The molecule has 1 aromatic rings. The van der Waals surface area contributed by atoms with Crippen LogP contribution >= 0.6 is 0 Å². The maximum atomic E-state index is 4.35. The zero-order valence-electron chi connectivity index (χ0n) is 13.7. The van der Waals surface area contributed by atoms with Crippen LogP contribution < -0.4 is 10.6 Å². The van der Waals surface area contributed by atoms with E-state index in [1.54, 1.807) is 6.33 Å². The third kappa shape index (κ3) is 5.33. The van der Waals surface area contributed by atoms with Crippen molar-refractivity contribution in [1.29, 1.82) is 0 Å². The van der Waals surface area contributed by atoms with Gasteiger partial charge in [-0.25, -0.2) is 9.97 Å². The van der Waals surface area contributed by atoms with Crippen molar-refractivity contribution in [1.82, 2.24) is 14.9 Å². The van der Waals surface area contributed by atoms with Gasteiger partial charge in [0.2, 0.25) is 0 Å². The zero-order valence-corrected chi connectivity index (χ0v) is 13.7. The Labute approximate surface area is 123 Å². The van der Waals surface area contributed by atoms with Crippen LogP contribution in [0, 0.1) is 12.3 Å². The lowest BCUT2D eigenvalue weighted by atomic mass is 9.93. The quantitative estimate of drug-likeness (QED) is 0.766. The van der Waals surface area contributed by atoms with Crippen LogP contribution in [-0.4, -0.2) is 48.6 Å². The molecular weight excluding hydrogens is 250 g/mol. The highest BCUT2D eigenvalue weighted by molar-refractivity contribution is 5.56. The maximum absolute atomic E-state index is 4.35. The van der Waals surface area contributed by atoms with Gasteiger partial charge in [0.1, 0.15) is 18.0 Å². The highest BCUT2D eigenvalue weighted by atomic mass is 15.1. The third-order valence-corrected chi connectivity index (χ3v) is 3.11. The monoisotopic (exact) mass is 279 g/mol. The molecule has 0 aliphatic heterocycles. The van der Waals surface area contributed by atoms with Crippen molar-refractivity contribution < 1.29 is 0 Å². The van der Waals surface area contributed by atoms with Gasteiger partial charge >= 0.3 is 0 Å². The lowest BCUT2D eigenvalue weighted by Gasteiger charge is -2.29. The summed E-state index contributed by atoms with van der Waals surface area (Å²) in [5, 5.41) is 6.79. The van der Waals surface area contributed by atoms with Crippen LogP contribution in [-0.2, 0) is 0 Å². The highest BCUT2D eigenvalue weighted by Gasteiger charge is 2.19. The molecule has 5 heteroatoms. The van der Waals surface area contributed by atoms with Crippen molar-refractivity contribution in [2.24, 2.45) is 5.41 Å². The molecular formula is C15H29N5. The minimum Gasteiger partial charge on any atom is -0.370 e. The fourth-order valence-corrected chi connectivity index (χ4v) is 2.28. The fourth-order valence-electron chi connectivity index (χ4n) is 2.28. The normalized spacial score (nSPS) is 11.8. The molecule has 0 aromatic carbocycles. The molecule has 20 heavy (non-hydrogen) atoms. The average molecular weight is 279 g/mol. The first-order chi connectivity index (χ1) is 9.35. The predicted molar refractivity (Wildman–Crippen MR) is 86.4 cm³/mol. The van der Waals surface area contributed by atoms with Crippen LogP contribution in [0.15, 0.2) is 6.33 Å². The van der Waals surface area contributed by atoms with E-state index in [0.717, 1.165) is 43.3 Å². The Hall–Kier alpha value is -1.36. The van der Waals surface area contributed by atoms with Crippen molar-refractivity contribution in [3.8, 4) is 0 Å². The number of rotatable bonds is 8. The van der Waals surface area contributed by atoms with Crippen LogP contribution in [0.3, 0.4) is 0 Å². The zero-order chi connectivity index (χ0) is 15.2. The number of hydrogen-bond acceptors (Lipinski definition) is 5. The molecule has 0 unspecified atom stereocenters. The Morgan fingerprint density at radius 2 is 1.75 bits per heavy atom. The number of nitrogens with zero attached hydrogens (tertiary/aromatic N) is 3. The second-order valence-corrected chi connectivity index (χ2v) is 6.38. The van der Waals surface area contributed by atoms with E-state index in [9.17, 15) is 0 Å². The van der Waals surface area contributed by atoms with Gasteiger partial charge in [0, 0.05) is 25.2 Å².